The van der Waals surface area contributed by atoms with E-state index in [1.807, 2.05) is 0 Å². The zero-order valence-corrected chi connectivity index (χ0v) is 12.6. The molecule has 19 heavy (non-hydrogen) atoms. The van der Waals surface area contributed by atoms with Gasteiger partial charge in [-0.25, -0.2) is 0 Å². The summed E-state index contributed by atoms with van der Waals surface area (Å²) in [5.74, 6) is 1.25. The van der Waals surface area contributed by atoms with Crippen LogP contribution in [0.4, 0.5) is 0 Å². The molecule has 1 aromatic carbocycles. The summed E-state index contributed by atoms with van der Waals surface area (Å²) in [6.07, 6.45) is 5.26. The molecule has 2 nitrogen and oxygen atoms in total. The number of hydrogen-bond donors (Lipinski definition) is 2. The zero-order valence-electron chi connectivity index (χ0n) is 12.6. The minimum atomic E-state index is 0.435. The van der Waals surface area contributed by atoms with Gasteiger partial charge in [0.15, 0.2) is 0 Å². The summed E-state index contributed by atoms with van der Waals surface area (Å²) in [6.45, 7) is 7.38. The second-order valence-electron chi connectivity index (χ2n) is 5.42. The molecule has 0 bridgehead atoms. The smallest absolute Gasteiger partial charge is 0.00863 e. The lowest BCUT2D eigenvalue weighted by Crippen LogP contribution is -2.30. The topological polar surface area (TPSA) is 38.0 Å². The normalized spacial score (nSPS) is 14.3. The van der Waals surface area contributed by atoms with E-state index >= 15 is 0 Å². The first-order chi connectivity index (χ1) is 9.31. The summed E-state index contributed by atoms with van der Waals surface area (Å²) in [4.78, 5) is 0. The predicted molar refractivity (Wildman–Crippen MR) is 84.4 cm³/mol. The van der Waals surface area contributed by atoms with E-state index in [9.17, 15) is 0 Å². The van der Waals surface area contributed by atoms with Crippen LogP contribution in [0.5, 0.6) is 0 Å². The van der Waals surface area contributed by atoms with Crippen LogP contribution in [-0.2, 0) is 0 Å². The van der Waals surface area contributed by atoms with E-state index in [0.29, 0.717) is 12.5 Å². The summed E-state index contributed by atoms with van der Waals surface area (Å²) in [5.41, 5.74) is 7.24. The van der Waals surface area contributed by atoms with Crippen LogP contribution in [-0.4, -0.2) is 19.6 Å². The van der Waals surface area contributed by atoms with Crippen molar-refractivity contribution in [1.82, 2.24) is 5.32 Å². The van der Waals surface area contributed by atoms with Crippen molar-refractivity contribution in [2.24, 2.45) is 11.7 Å². The number of hydrogen-bond acceptors (Lipinski definition) is 2. The highest BCUT2D eigenvalue weighted by Gasteiger charge is 2.10. The van der Waals surface area contributed by atoms with Gasteiger partial charge in [0.2, 0.25) is 0 Å². The van der Waals surface area contributed by atoms with Crippen molar-refractivity contribution in [2.45, 2.75) is 45.4 Å². The van der Waals surface area contributed by atoms with E-state index in [1.165, 1.54) is 31.2 Å². The molecule has 2 heteroatoms. The van der Waals surface area contributed by atoms with E-state index in [1.54, 1.807) is 0 Å². The second-order valence-corrected chi connectivity index (χ2v) is 5.42. The molecule has 0 saturated heterocycles. The molecular formula is C17H30N2. The third kappa shape index (κ3) is 6.22. The fourth-order valence-electron chi connectivity index (χ4n) is 2.47. The summed E-state index contributed by atoms with van der Waals surface area (Å²) >= 11 is 0. The Morgan fingerprint density at radius 3 is 2.42 bits per heavy atom. The van der Waals surface area contributed by atoms with Crippen LogP contribution >= 0.6 is 0 Å². The Kier molecular flexibility index (Phi) is 8.52. The molecule has 0 aromatic heterocycles. The van der Waals surface area contributed by atoms with Crippen LogP contribution in [0.25, 0.3) is 0 Å². The predicted octanol–water partition coefficient (Wildman–Crippen LogP) is 3.53. The zero-order chi connectivity index (χ0) is 13.9. The van der Waals surface area contributed by atoms with Gasteiger partial charge in [0.05, 0.1) is 0 Å². The second kappa shape index (κ2) is 9.99. The maximum absolute atomic E-state index is 5.89. The lowest BCUT2D eigenvalue weighted by molar-refractivity contribution is 0.412. The monoisotopic (exact) mass is 262 g/mol. The summed E-state index contributed by atoms with van der Waals surface area (Å²) < 4.78 is 0. The van der Waals surface area contributed by atoms with Crippen molar-refractivity contribution in [3.8, 4) is 0 Å². The summed E-state index contributed by atoms with van der Waals surface area (Å²) in [6, 6.07) is 10.6. The Morgan fingerprint density at radius 1 is 1.11 bits per heavy atom. The highest BCUT2D eigenvalue weighted by Crippen LogP contribution is 2.14. The van der Waals surface area contributed by atoms with Crippen molar-refractivity contribution >= 4 is 0 Å². The fourth-order valence-corrected chi connectivity index (χ4v) is 2.47. The number of unbranched alkanes of at least 4 members (excludes halogenated alkanes) is 1. The van der Waals surface area contributed by atoms with Crippen LogP contribution in [0.2, 0.25) is 0 Å². The highest BCUT2D eigenvalue weighted by atomic mass is 14.9. The molecule has 1 aromatic rings. The molecule has 0 radical (unpaired) electrons. The molecule has 0 aliphatic heterocycles. The van der Waals surface area contributed by atoms with Gasteiger partial charge in [-0.2, -0.15) is 0 Å². The number of nitrogens with one attached hydrogen (secondary N) is 1. The molecule has 0 spiro atoms. The van der Waals surface area contributed by atoms with Gasteiger partial charge >= 0.3 is 0 Å². The standard InChI is InChI=1S/C17H30N2/c1-3-5-9-15(4-2)13-19-14-17(12-18)16-10-7-6-8-11-16/h6-8,10-11,15,17,19H,3-5,9,12-14,18H2,1-2H3. The summed E-state index contributed by atoms with van der Waals surface area (Å²) in [5, 5.41) is 3.61. The molecule has 0 saturated carbocycles. The highest BCUT2D eigenvalue weighted by molar-refractivity contribution is 5.20. The molecule has 108 valence electrons. The van der Waals surface area contributed by atoms with Crippen molar-refractivity contribution in [3.05, 3.63) is 35.9 Å². The molecule has 0 amide bonds. The average molecular weight is 262 g/mol. The van der Waals surface area contributed by atoms with Gasteiger partial charge in [-0.1, -0.05) is 63.4 Å². The van der Waals surface area contributed by atoms with Crippen LogP contribution in [0.1, 0.15) is 51.0 Å². The van der Waals surface area contributed by atoms with Crippen molar-refractivity contribution < 1.29 is 0 Å². The number of benzene rings is 1. The van der Waals surface area contributed by atoms with Gasteiger partial charge < -0.3 is 11.1 Å². The van der Waals surface area contributed by atoms with Gasteiger partial charge in [0.1, 0.15) is 0 Å². The first-order valence-electron chi connectivity index (χ1n) is 7.77. The first-order valence-corrected chi connectivity index (χ1v) is 7.77. The van der Waals surface area contributed by atoms with E-state index < -0.39 is 0 Å². The average Bonchev–Trinajstić information content (AvgIpc) is 2.47. The quantitative estimate of drug-likeness (QED) is 0.677. The van der Waals surface area contributed by atoms with Crippen LogP contribution in [0.15, 0.2) is 30.3 Å². The largest absolute Gasteiger partial charge is 0.330 e. The first kappa shape index (κ1) is 16.2. The van der Waals surface area contributed by atoms with E-state index in [4.69, 9.17) is 5.73 Å². The fraction of sp³-hybridized carbons (Fsp3) is 0.647. The minimum absolute atomic E-state index is 0.435. The van der Waals surface area contributed by atoms with Crippen LogP contribution < -0.4 is 11.1 Å². The maximum atomic E-state index is 5.89. The third-order valence-corrected chi connectivity index (χ3v) is 3.92. The Morgan fingerprint density at radius 2 is 1.84 bits per heavy atom. The van der Waals surface area contributed by atoms with Gasteiger partial charge in [0, 0.05) is 19.0 Å². The Balaban J connectivity index is 2.33. The Bertz CT molecular complexity index is 310. The van der Waals surface area contributed by atoms with E-state index in [-0.39, 0.29) is 0 Å². The Hall–Kier alpha value is -0.860. The van der Waals surface area contributed by atoms with Crippen molar-refractivity contribution in [3.63, 3.8) is 0 Å². The molecule has 2 unspecified atom stereocenters. The molecular weight excluding hydrogens is 232 g/mol. The lowest BCUT2D eigenvalue weighted by Gasteiger charge is -2.19. The van der Waals surface area contributed by atoms with Gasteiger partial charge in [-0.3, -0.25) is 0 Å². The lowest BCUT2D eigenvalue weighted by atomic mass is 9.97. The van der Waals surface area contributed by atoms with Crippen LogP contribution in [0, 0.1) is 5.92 Å². The maximum Gasteiger partial charge on any atom is 0.00863 e. The molecule has 0 fully saturated rings. The SMILES string of the molecule is CCCCC(CC)CNCC(CN)c1ccccc1. The van der Waals surface area contributed by atoms with Crippen molar-refractivity contribution in [2.75, 3.05) is 19.6 Å². The van der Waals surface area contributed by atoms with E-state index in [0.717, 1.165) is 19.0 Å². The minimum Gasteiger partial charge on any atom is -0.330 e. The number of rotatable bonds is 10. The van der Waals surface area contributed by atoms with Gasteiger partial charge in [-0.05, 0) is 24.4 Å². The van der Waals surface area contributed by atoms with Gasteiger partial charge in [0.25, 0.3) is 0 Å². The molecule has 0 aliphatic rings. The van der Waals surface area contributed by atoms with Crippen LogP contribution in [0.3, 0.4) is 0 Å². The Labute approximate surface area is 118 Å². The molecule has 0 heterocycles. The van der Waals surface area contributed by atoms with Crippen molar-refractivity contribution in [1.29, 1.82) is 0 Å². The molecule has 1 rings (SSSR count). The molecule has 2 atom stereocenters. The third-order valence-electron chi connectivity index (χ3n) is 3.92. The summed E-state index contributed by atoms with van der Waals surface area (Å²) in [7, 11) is 0. The number of nitrogens with two attached hydrogens (primary N) is 1. The molecule has 3 N–H and O–H groups in total. The van der Waals surface area contributed by atoms with Gasteiger partial charge in [-0.15, -0.1) is 0 Å². The van der Waals surface area contributed by atoms with E-state index in [2.05, 4.69) is 49.5 Å². The molecule has 0 aliphatic carbocycles.